The third kappa shape index (κ3) is 5.35. The highest BCUT2D eigenvalue weighted by Gasteiger charge is 2.17. The molecule has 0 radical (unpaired) electrons. The number of morpholine rings is 1. The quantitative estimate of drug-likeness (QED) is 0.647. The van der Waals surface area contributed by atoms with Crippen molar-refractivity contribution in [1.82, 2.24) is 14.8 Å². The van der Waals surface area contributed by atoms with Crippen LogP contribution in [0.25, 0.3) is 0 Å². The predicted octanol–water partition coefficient (Wildman–Crippen LogP) is 3.75. The largest absolute Gasteiger partial charge is 0.376 e. The molecule has 5 nitrogen and oxygen atoms in total. The fourth-order valence-electron chi connectivity index (χ4n) is 3.73. The van der Waals surface area contributed by atoms with E-state index in [0.717, 1.165) is 38.3 Å². The molecule has 29 heavy (non-hydrogen) atoms. The van der Waals surface area contributed by atoms with Gasteiger partial charge in [0.2, 0.25) is 0 Å². The maximum Gasteiger partial charge on any atom is 0.268 e. The molecule has 1 aliphatic rings. The lowest BCUT2D eigenvalue weighted by Gasteiger charge is -2.31. The van der Waals surface area contributed by atoms with Gasteiger partial charge in [0.25, 0.3) is 5.91 Å². The van der Waals surface area contributed by atoms with Crippen molar-refractivity contribution in [2.75, 3.05) is 19.7 Å². The van der Waals surface area contributed by atoms with Crippen molar-refractivity contribution in [2.45, 2.75) is 32.7 Å². The van der Waals surface area contributed by atoms with Gasteiger partial charge in [-0.05, 0) is 41.6 Å². The highest BCUT2D eigenvalue weighted by atomic mass is 32.1. The maximum atomic E-state index is 12.7. The summed E-state index contributed by atoms with van der Waals surface area (Å²) in [5, 5.41) is 5.13. The standard InChI is InChI=1S/C23H27N3O2S/c1-18-15-25(10-11-28-18)16-20-6-2-5-19(13-20)14-24-23(27)22-8-3-9-26(22)17-21-7-4-12-29-21/h2-9,12-13,18H,10-11,14-17H2,1H3,(H,24,27). The Morgan fingerprint density at radius 3 is 2.90 bits per heavy atom. The van der Waals surface area contributed by atoms with Crippen molar-refractivity contribution in [3.05, 3.63) is 81.8 Å². The maximum absolute atomic E-state index is 12.7. The van der Waals surface area contributed by atoms with E-state index in [1.807, 2.05) is 29.0 Å². The molecule has 1 N–H and O–H groups in total. The Hall–Kier alpha value is -2.41. The summed E-state index contributed by atoms with van der Waals surface area (Å²) >= 11 is 1.70. The smallest absolute Gasteiger partial charge is 0.268 e. The van der Waals surface area contributed by atoms with Crippen LogP contribution in [0.4, 0.5) is 0 Å². The molecule has 1 unspecified atom stereocenters. The number of carbonyl (C=O) groups is 1. The summed E-state index contributed by atoms with van der Waals surface area (Å²) in [4.78, 5) is 16.4. The Labute approximate surface area is 175 Å². The number of ether oxygens (including phenoxy) is 1. The lowest BCUT2D eigenvalue weighted by Crippen LogP contribution is -2.40. The highest BCUT2D eigenvalue weighted by molar-refractivity contribution is 7.09. The van der Waals surface area contributed by atoms with Gasteiger partial charge in [-0.15, -0.1) is 11.3 Å². The van der Waals surface area contributed by atoms with E-state index in [2.05, 4.69) is 52.9 Å². The summed E-state index contributed by atoms with van der Waals surface area (Å²) in [6.45, 7) is 7.00. The number of carbonyl (C=O) groups excluding carboxylic acids is 1. The number of amides is 1. The minimum Gasteiger partial charge on any atom is -0.376 e. The number of rotatable bonds is 7. The van der Waals surface area contributed by atoms with E-state index < -0.39 is 0 Å². The molecule has 6 heteroatoms. The molecule has 2 aromatic heterocycles. The van der Waals surface area contributed by atoms with Gasteiger partial charge in [-0.1, -0.05) is 30.3 Å². The zero-order valence-corrected chi connectivity index (χ0v) is 17.5. The number of thiophene rings is 1. The Morgan fingerprint density at radius 1 is 1.17 bits per heavy atom. The SMILES string of the molecule is CC1CN(Cc2cccc(CNC(=O)c3cccn3Cc3cccs3)c2)CCO1. The number of nitrogens with zero attached hydrogens (tertiary/aromatic N) is 2. The van der Waals surface area contributed by atoms with E-state index in [-0.39, 0.29) is 12.0 Å². The first-order chi connectivity index (χ1) is 14.2. The zero-order valence-electron chi connectivity index (χ0n) is 16.7. The van der Waals surface area contributed by atoms with Crippen LogP contribution in [0.5, 0.6) is 0 Å². The molecule has 1 aromatic carbocycles. The Balaban J connectivity index is 1.34. The molecule has 0 spiro atoms. The third-order valence-corrected chi connectivity index (χ3v) is 6.01. The summed E-state index contributed by atoms with van der Waals surface area (Å²) in [6, 6.07) is 16.4. The fourth-order valence-corrected chi connectivity index (χ4v) is 4.43. The number of benzene rings is 1. The number of hydrogen-bond donors (Lipinski definition) is 1. The molecular weight excluding hydrogens is 382 g/mol. The minimum absolute atomic E-state index is 0.0426. The molecule has 0 aliphatic carbocycles. The summed E-state index contributed by atoms with van der Waals surface area (Å²) in [5.74, 6) is -0.0426. The molecule has 152 valence electrons. The molecule has 3 heterocycles. The molecule has 0 bridgehead atoms. The van der Waals surface area contributed by atoms with Crippen molar-refractivity contribution in [3.8, 4) is 0 Å². The van der Waals surface area contributed by atoms with Crippen LogP contribution < -0.4 is 5.32 Å². The molecule has 1 saturated heterocycles. The Morgan fingerprint density at radius 2 is 2.07 bits per heavy atom. The molecule has 3 aromatic rings. The molecule has 1 fully saturated rings. The topological polar surface area (TPSA) is 46.5 Å². The van der Waals surface area contributed by atoms with Crippen molar-refractivity contribution in [1.29, 1.82) is 0 Å². The number of nitrogens with one attached hydrogen (secondary N) is 1. The van der Waals surface area contributed by atoms with E-state index in [1.165, 1.54) is 10.4 Å². The van der Waals surface area contributed by atoms with E-state index >= 15 is 0 Å². The zero-order chi connectivity index (χ0) is 20.1. The number of aromatic nitrogens is 1. The Bertz CT molecular complexity index is 935. The predicted molar refractivity (Wildman–Crippen MR) is 116 cm³/mol. The van der Waals surface area contributed by atoms with Gasteiger partial charge in [-0.25, -0.2) is 0 Å². The van der Waals surface area contributed by atoms with Crippen molar-refractivity contribution in [3.63, 3.8) is 0 Å². The van der Waals surface area contributed by atoms with Gasteiger partial charge in [-0.2, -0.15) is 0 Å². The highest BCUT2D eigenvalue weighted by Crippen LogP contribution is 2.14. The lowest BCUT2D eigenvalue weighted by atomic mass is 10.1. The normalized spacial score (nSPS) is 17.3. The van der Waals surface area contributed by atoms with Crippen LogP contribution in [0.3, 0.4) is 0 Å². The average Bonchev–Trinajstić information content (AvgIpc) is 3.39. The minimum atomic E-state index is -0.0426. The van der Waals surface area contributed by atoms with Crippen LogP contribution >= 0.6 is 11.3 Å². The fraction of sp³-hybridized carbons (Fsp3) is 0.348. The molecule has 4 rings (SSSR count). The van der Waals surface area contributed by atoms with Crippen LogP contribution in [0.15, 0.2) is 60.1 Å². The van der Waals surface area contributed by atoms with Crippen LogP contribution in [0, 0.1) is 0 Å². The summed E-state index contributed by atoms with van der Waals surface area (Å²) < 4.78 is 7.62. The first-order valence-corrected chi connectivity index (χ1v) is 10.9. The summed E-state index contributed by atoms with van der Waals surface area (Å²) in [6.07, 6.45) is 2.25. The number of hydrogen-bond acceptors (Lipinski definition) is 4. The second-order valence-corrected chi connectivity index (χ2v) is 8.55. The Kier molecular flexibility index (Phi) is 6.44. The third-order valence-electron chi connectivity index (χ3n) is 5.14. The second-order valence-electron chi connectivity index (χ2n) is 7.52. The summed E-state index contributed by atoms with van der Waals surface area (Å²) in [7, 11) is 0. The van der Waals surface area contributed by atoms with Crippen LogP contribution in [-0.2, 0) is 24.4 Å². The molecule has 1 amide bonds. The van der Waals surface area contributed by atoms with Crippen molar-refractivity contribution in [2.24, 2.45) is 0 Å². The molecular formula is C23H27N3O2S. The van der Waals surface area contributed by atoms with E-state index in [9.17, 15) is 4.79 Å². The van der Waals surface area contributed by atoms with Crippen molar-refractivity contribution >= 4 is 17.2 Å². The molecule has 1 aliphatic heterocycles. The van der Waals surface area contributed by atoms with Gasteiger partial charge >= 0.3 is 0 Å². The van der Waals surface area contributed by atoms with Gasteiger partial charge in [-0.3, -0.25) is 9.69 Å². The van der Waals surface area contributed by atoms with Gasteiger partial charge < -0.3 is 14.6 Å². The van der Waals surface area contributed by atoms with Crippen LogP contribution in [0.2, 0.25) is 0 Å². The van der Waals surface area contributed by atoms with Gasteiger partial charge in [0.15, 0.2) is 0 Å². The van der Waals surface area contributed by atoms with Crippen LogP contribution in [-0.4, -0.2) is 41.2 Å². The van der Waals surface area contributed by atoms with E-state index in [1.54, 1.807) is 11.3 Å². The van der Waals surface area contributed by atoms with E-state index in [4.69, 9.17) is 4.74 Å². The molecule has 0 saturated carbocycles. The summed E-state index contributed by atoms with van der Waals surface area (Å²) in [5.41, 5.74) is 3.08. The second kappa shape index (κ2) is 9.39. The van der Waals surface area contributed by atoms with E-state index in [0.29, 0.717) is 12.2 Å². The average molecular weight is 410 g/mol. The molecule has 1 atom stereocenters. The van der Waals surface area contributed by atoms with Gasteiger partial charge in [0, 0.05) is 37.3 Å². The monoisotopic (exact) mass is 409 g/mol. The van der Waals surface area contributed by atoms with Gasteiger partial charge in [0.1, 0.15) is 5.69 Å². The van der Waals surface area contributed by atoms with Crippen LogP contribution in [0.1, 0.15) is 33.4 Å². The first-order valence-electron chi connectivity index (χ1n) is 10.0. The first kappa shape index (κ1) is 19.9. The van der Waals surface area contributed by atoms with Crippen molar-refractivity contribution < 1.29 is 9.53 Å². The van der Waals surface area contributed by atoms with Gasteiger partial charge in [0.05, 0.1) is 19.3 Å². The lowest BCUT2D eigenvalue weighted by molar-refractivity contribution is -0.0212.